The summed E-state index contributed by atoms with van der Waals surface area (Å²) in [5.41, 5.74) is -0.241. The fourth-order valence-electron chi connectivity index (χ4n) is 3.18. The van der Waals surface area contributed by atoms with Crippen LogP contribution in [-0.2, 0) is 4.79 Å². The van der Waals surface area contributed by atoms with Crippen molar-refractivity contribution in [2.24, 2.45) is 11.8 Å². The van der Waals surface area contributed by atoms with E-state index < -0.39 is 49.6 Å². The van der Waals surface area contributed by atoms with Crippen molar-refractivity contribution < 1.29 is 36.3 Å². The van der Waals surface area contributed by atoms with Crippen molar-refractivity contribution in [3.8, 4) is 5.88 Å². The van der Waals surface area contributed by atoms with E-state index in [-0.39, 0.29) is 29.7 Å². The second-order valence-corrected chi connectivity index (χ2v) is 8.84. The van der Waals surface area contributed by atoms with E-state index >= 15 is 0 Å². The molecule has 0 unspecified atom stereocenters. The number of ether oxygens (including phenoxy) is 1. The van der Waals surface area contributed by atoms with Gasteiger partial charge in [0, 0.05) is 0 Å². The van der Waals surface area contributed by atoms with Crippen LogP contribution in [0.4, 0.5) is 27.8 Å². The number of hydrogen-bond donors (Lipinski definition) is 2. The summed E-state index contributed by atoms with van der Waals surface area (Å²) in [5.74, 6) is -4.45. The molecule has 8 nitrogen and oxygen atoms in total. The predicted octanol–water partition coefficient (Wildman–Crippen LogP) is 2.54. The van der Waals surface area contributed by atoms with E-state index in [9.17, 15) is 31.5 Å². The van der Waals surface area contributed by atoms with Gasteiger partial charge in [0.15, 0.2) is 11.5 Å². The van der Waals surface area contributed by atoms with Gasteiger partial charge >= 0.3 is 6.18 Å². The molecule has 2 amide bonds. The van der Waals surface area contributed by atoms with E-state index in [1.54, 1.807) is 19.2 Å². The number of rotatable bonds is 10. The van der Waals surface area contributed by atoms with Gasteiger partial charge in [0.05, 0.1) is 25.9 Å². The minimum atomic E-state index is -4.59. The number of anilines is 1. The van der Waals surface area contributed by atoms with Gasteiger partial charge in [-0.1, -0.05) is 13.8 Å². The van der Waals surface area contributed by atoms with Gasteiger partial charge in [0.2, 0.25) is 5.91 Å². The number of carbonyl (C=O) groups is 2. The average Bonchev–Trinajstić information content (AvgIpc) is 3.51. The SMILES string of the molecule is CC(C)C[C@H](NC(=O)c1cnc(N2CC(F)(F)C2)c(OCC2CC2)n1)C(=O)NCC(F)(F)F. The van der Waals surface area contributed by atoms with Crippen molar-refractivity contribution in [2.45, 2.75) is 51.3 Å². The highest BCUT2D eigenvalue weighted by molar-refractivity contribution is 5.96. The smallest absolute Gasteiger partial charge is 0.405 e. The first-order valence-electron chi connectivity index (χ1n) is 10.6. The van der Waals surface area contributed by atoms with Gasteiger partial charge in [-0.25, -0.2) is 18.7 Å². The fourth-order valence-corrected chi connectivity index (χ4v) is 3.18. The summed E-state index contributed by atoms with van der Waals surface area (Å²) in [6, 6.07) is -1.23. The average molecular weight is 479 g/mol. The van der Waals surface area contributed by atoms with E-state index in [2.05, 4.69) is 15.3 Å². The zero-order chi connectivity index (χ0) is 24.4. The Morgan fingerprint density at radius 2 is 1.94 bits per heavy atom. The Morgan fingerprint density at radius 1 is 1.27 bits per heavy atom. The molecule has 1 aliphatic carbocycles. The maximum Gasteiger partial charge on any atom is 0.405 e. The molecule has 184 valence electrons. The highest BCUT2D eigenvalue weighted by Gasteiger charge is 2.46. The third-order valence-corrected chi connectivity index (χ3v) is 5.04. The summed E-state index contributed by atoms with van der Waals surface area (Å²) in [7, 11) is 0. The van der Waals surface area contributed by atoms with Gasteiger partial charge in [-0.2, -0.15) is 13.2 Å². The maximum absolute atomic E-state index is 13.3. The standard InChI is InChI=1S/C20H26F5N5O3/c1-11(2)5-13(16(31)27-8-20(23,24)25)28-17(32)14-6-26-15(30-9-19(21,22)10-30)18(29-14)33-7-12-3-4-12/h6,11-13H,3-5,7-10H2,1-2H3,(H,27,31)(H,28,32)/t13-/m0/s1. The number of nitrogens with zero attached hydrogens (tertiary/aromatic N) is 3. The lowest BCUT2D eigenvalue weighted by Crippen LogP contribution is -2.56. The molecule has 0 spiro atoms. The molecule has 1 aromatic heterocycles. The first-order valence-corrected chi connectivity index (χ1v) is 10.6. The topological polar surface area (TPSA) is 96.5 Å². The van der Waals surface area contributed by atoms with Crippen LogP contribution in [0.25, 0.3) is 0 Å². The molecule has 1 aliphatic heterocycles. The molecule has 13 heteroatoms. The van der Waals surface area contributed by atoms with Crippen molar-refractivity contribution in [1.82, 2.24) is 20.6 Å². The van der Waals surface area contributed by atoms with E-state index in [1.165, 1.54) is 4.90 Å². The number of aromatic nitrogens is 2. The van der Waals surface area contributed by atoms with Crippen LogP contribution in [0.2, 0.25) is 0 Å². The Hall–Kier alpha value is -2.73. The largest absolute Gasteiger partial charge is 0.475 e. The van der Waals surface area contributed by atoms with Crippen molar-refractivity contribution in [3.05, 3.63) is 11.9 Å². The van der Waals surface area contributed by atoms with E-state index in [4.69, 9.17) is 4.74 Å². The summed E-state index contributed by atoms with van der Waals surface area (Å²) >= 11 is 0. The van der Waals surface area contributed by atoms with Gasteiger partial charge in [-0.3, -0.25) is 9.59 Å². The second-order valence-electron chi connectivity index (χ2n) is 8.84. The zero-order valence-corrected chi connectivity index (χ0v) is 18.2. The van der Waals surface area contributed by atoms with Gasteiger partial charge < -0.3 is 20.3 Å². The Labute approximate surface area is 187 Å². The number of carbonyl (C=O) groups excluding carboxylic acids is 2. The highest BCUT2D eigenvalue weighted by Crippen LogP contribution is 2.36. The quantitative estimate of drug-likeness (QED) is 0.501. The molecule has 33 heavy (non-hydrogen) atoms. The third kappa shape index (κ3) is 7.39. The number of alkyl halides is 5. The molecular weight excluding hydrogens is 453 g/mol. The Bertz CT molecular complexity index is 868. The van der Waals surface area contributed by atoms with Crippen molar-refractivity contribution in [2.75, 3.05) is 31.1 Å². The molecule has 1 aromatic rings. The molecular formula is C20H26F5N5O3. The first kappa shape index (κ1) is 24.9. The minimum absolute atomic E-state index is 0.0769. The molecule has 2 aliphatic rings. The molecule has 0 bridgehead atoms. The molecule has 1 atom stereocenters. The van der Waals surface area contributed by atoms with Gasteiger partial charge in [0.25, 0.3) is 17.7 Å². The van der Waals surface area contributed by atoms with Crippen molar-refractivity contribution in [3.63, 3.8) is 0 Å². The predicted molar refractivity (Wildman–Crippen MR) is 107 cm³/mol. The Kier molecular flexibility index (Phi) is 7.27. The van der Waals surface area contributed by atoms with Crippen LogP contribution in [0, 0.1) is 11.8 Å². The molecule has 1 saturated carbocycles. The van der Waals surface area contributed by atoms with Crippen molar-refractivity contribution in [1.29, 1.82) is 0 Å². The van der Waals surface area contributed by atoms with E-state index in [1.807, 2.05) is 0 Å². The van der Waals surface area contributed by atoms with Crippen LogP contribution < -0.4 is 20.3 Å². The zero-order valence-electron chi connectivity index (χ0n) is 18.2. The maximum atomic E-state index is 13.3. The van der Waals surface area contributed by atoms with Crippen LogP contribution in [0.3, 0.4) is 0 Å². The summed E-state index contributed by atoms with van der Waals surface area (Å²) in [6.45, 7) is 1.16. The van der Waals surface area contributed by atoms with Crippen LogP contribution >= 0.6 is 0 Å². The lowest BCUT2D eigenvalue weighted by Gasteiger charge is -2.39. The molecule has 2 fully saturated rings. The van der Waals surface area contributed by atoms with Crippen molar-refractivity contribution >= 4 is 17.6 Å². The highest BCUT2D eigenvalue weighted by atomic mass is 19.4. The lowest BCUT2D eigenvalue weighted by molar-refractivity contribution is -0.139. The van der Waals surface area contributed by atoms with Gasteiger partial charge in [-0.05, 0) is 31.1 Å². The second kappa shape index (κ2) is 9.64. The van der Waals surface area contributed by atoms with Crippen LogP contribution in [-0.4, -0.2) is 66.2 Å². The number of halogens is 5. The number of nitrogens with one attached hydrogen (secondary N) is 2. The number of amides is 2. The monoisotopic (exact) mass is 479 g/mol. The summed E-state index contributed by atoms with van der Waals surface area (Å²) in [5, 5.41) is 4.15. The molecule has 2 heterocycles. The van der Waals surface area contributed by atoms with Crippen LogP contribution in [0.5, 0.6) is 5.88 Å². The Morgan fingerprint density at radius 3 is 2.48 bits per heavy atom. The van der Waals surface area contributed by atoms with Gasteiger partial charge in [0.1, 0.15) is 12.6 Å². The minimum Gasteiger partial charge on any atom is -0.475 e. The normalized spacial score (nSPS) is 18.5. The fraction of sp³-hybridized carbons (Fsp3) is 0.700. The Balaban J connectivity index is 1.73. The van der Waals surface area contributed by atoms with Crippen LogP contribution in [0.15, 0.2) is 6.20 Å². The number of hydrogen-bond acceptors (Lipinski definition) is 6. The third-order valence-electron chi connectivity index (χ3n) is 5.04. The lowest BCUT2D eigenvalue weighted by atomic mass is 10.0. The van der Waals surface area contributed by atoms with Gasteiger partial charge in [-0.15, -0.1) is 0 Å². The first-order chi connectivity index (χ1) is 15.3. The molecule has 1 saturated heterocycles. The molecule has 0 aromatic carbocycles. The molecule has 0 radical (unpaired) electrons. The van der Waals surface area contributed by atoms with E-state index in [0.717, 1.165) is 19.0 Å². The molecule has 2 N–H and O–H groups in total. The summed E-state index contributed by atoms with van der Waals surface area (Å²) in [6.07, 6.45) is -1.51. The summed E-state index contributed by atoms with van der Waals surface area (Å²) < 4.78 is 69.6. The van der Waals surface area contributed by atoms with E-state index in [0.29, 0.717) is 12.5 Å². The summed E-state index contributed by atoms with van der Waals surface area (Å²) in [4.78, 5) is 34.4. The van der Waals surface area contributed by atoms with Crippen LogP contribution in [0.1, 0.15) is 43.6 Å². The molecule has 3 rings (SSSR count).